The molecule has 0 bridgehead atoms. The fraction of sp³-hybridized carbons (Fsp3) is 0.417. The Morgan fingerprint density at radius 3 is 3.00 bits per heavy atom. The largest absolute Gasteiger partial charge is 0.398 e. The summed E-state index contributed by atoms with van der Waals surface area (Å²) in [7, 11) is 0. The van der Waals surface area contributed by atoms with Crippen LogP contribution >= 0.6 is 11.8 Å². The molecule has 4 nitrogen and oxygen atoms in total. The first kappa shape index (κ1) is 12.3. The molecular formula is C12H16N2O2S. The number of nitrogens with one attached hydrogen (secondary N) is 1. The van der Waals surface area contributed by atoms with E-state index in [0.717, 1.165) is 22.6 Å². The summed E-state index contributed by atoms with van der Waals surface area (Å²) in [5.41, 5.74) is 8.52. The number of benzene rings is 1. The molecule has 0 fully saturated rings. The molecule has 1 aliphatic heterocycles. The summed E-state index contributed by atoms with van der Waals surface area (Å²) in [6.07, 6.45) is 1.28. The molecule has 5 heteroatoms. The number of amides is 1. The molecule has 1 atom stereocenters. The lowest BCUT2D eigenvalue weighted by Gasteiger charge is -2.19. The lowest BCUT2D eigenvalue weighted by molar-refractivity contribution is -0.116. The summed E-state index contributed by atoms with van der Waals surface area (Å²) < 4.78 is 0. The summed E-state index contributed by atoms with van der Waals surface area (Å²) in [6.45, 7) is 2.07. The van der Waals surface area contributed by atoms with Crippen LogP contribution in [0.25, 0.3) is 0 Å². The van der Waals surface area contributed by atoms with Crippen molar-refractivity contribution < 1.29 is 9.90 Å². The molecule has 1 unspecified atom stereocenters. The highest BCUT2D eigenvalue weighted by molar-refractivity contribution is 8.00. The molecule has 92 valence electrons. The quantitative estimate of drug-likeness (QED) is 0.564. The van der Waals surface area contributed by atoms with Crippen molar-refractivity contribution in [1.29, 1.82) is 0 Å². The fourth-order valence-electron chi connectivity index (χ4n) is 1.78. The van der Waals surface area contributed by atoms with Gasteiger partial charge >= 0.3 is 0 Å². The van der Waals surface area contributed by atoms with Crippen LogP contribution in [0.5, 0.6) is 0 Å². The maximum absolute atomic E-state index is 11.3. The van der Waals surface area contributed by atoms with Gasteiger partial charge in [0.05, 0.1) is 6.61 Å². The van der Waals surface area contributed by atoms with Gasteiger partial charge < -0.3 is 16.2 Å². The van der Waals surface area contributed by atoms with Crippen LogP contribution in [-0.2, 0) is 11.2 Å². The molecule has 0 saturated carbocycles. The molecule has 4 N–H and O–H groups in total. The normalized spacial score (nSPS) is 16.2. The molecule has 0 spiro atoms. The van der Waals surface area contributed by atoms with Crippen molar-refractivity contribution in [2.24, 2.45) is 0 Å². The standard InChI is InChI=1S/C12H16N2O2S/c1-7(6-15)17-11-4-8-2-3-12(16)14-10(8)5-9(11)13/h4-5,7,15H,2-3,6,13H2,1H3,(H,14,16). The highest BCUT2D eigenvalue weighted by atomic mass is 32.2. The molecule has 0 aromatic heterocycles. The van der Waals surface area contributed by atoms with Crippen LogP contribution in [-0.4, -0.2) is 22.9 Å². The van der Waals surface area contributed by atoms with Crippen molar-refractivity contribution in [3.63, 3.8) is 0 Å². The van der Waals surface area contributed by atoms with Crippen LogP contribution in [0.15, 0.2) is 17.0 Å². The van der Waals surface area contributed by atoms with Crippen LogP contribution < -0.4 is 11.1 Å². The van der Waals surface area contributed by atoms with Gasteiger partial charge in [-0.25, -0.2) is 0 Å². The Kier molecular flexibility index (Phi) is 3.59. The molecule has 1 aliphatic rings. The number of hydrogen-bond donors (Lipinski definition) is 3. The number of nitrogens with two attached hydrogens (primary N) is 1. The molecule has 0 saturated heterocycles. The maximum Gasteiger partial charge on any atom is 0.224 e. The number of nitrogen functional groups attached to an aromatic ring is 1. The minimum Gasteiger partial charge on any atom is -0.398 e. The van der Waals surface area contributed by atoms with E-state index in [1.54, 1.807) is 17.8 Å². The molecule has 1 aromatic carbocycles. The van der Waals surface area contributed by atoms with Gasteiger partial charge in [0.25, 0.3) is 0 Å². The number of carbonyl (C=O) groups excluding carboxylic acids is 1. The zero-order valence-corrected chi connectivity index (χ0v) is 10.5. The van der Waals surface area contributed by atoms with E-state index < -0.39 is 0 Å². The first-order chi connectivity index (χ1) is 8.10. The van der Waals surface area contributed by atoms with Crippen LogP contribution in [0, 0.1) is 0 Å². The van der Waals surface area contributed by atoms with Gasteiger partial charge in [-0.15, -0.1) is 11.8 Å². The van der Waals surface area contributed by atoms with Crippen LogP contribution in [0.3, 0.4) is 0 Å². The van der Waals surface area contributed by atoms with Crippen molar-refractivity contribution in [1.82, 2.24) is 0 Å². The van der Waals surface area contributed by atoms with Crippen molar-refractivity contribution >= 4 is 29.0 Å². The Labute approximate surface area is 105 Å². The first-order valence-electron chi connectivity index (χ1n) is 5.60. The lowest BCUT2D eigenvalue weighted by atomic mass is 10.0. The van der Waals surface area contributed by atoms with E-state index in [2.05, 4.69) is 5.32 Å². The Hall–Kier alpha value is -1.20. The third-order valence-electron chi connectivity index (χ3n) is 2.72. The zero-order chi connectivity index (χ0) is 12.4. The van der Waals surface area contributed by atoms with Gasteiger partial charge in [0.15, 0.2) is 0 Å². The molecule has 1 amide bonds. The number of fused-ring (bicyclic) bond motifs is 1. The van der Waals surface area contributed by atoms with E-state index in [-0.39, 0.29) is 17.8 Å². The van der Waals surface area contributed by atoms with Gasteiger partial charge in [-0.3, -0.25) is 4.79 Å². The number of aliphatic hydroxyl groups excluding tert-OH is 1. The minimum atomic E-state index is 0.0426. The molecular weight excluding hydrogens is 236 g/mol. The molecule has 0 aliphatic carbocycles. The van der Waals surface area contributed by atoms with Crippen LogP contribution in [0.1, 0.15) is 18.9 Å². The summed E-state index contributed by atoms with van der Waals surface area (Å²) in [6, 6.07) is 3.82. The first-order valence-corrected chi connectivity index (χ1v) is 6.48. The monoisotopic (exact) mass is 252 g/mol. The van der Waals surface area contributed by atoms with E-state index in [9.17, 15) is 4.79 Å². The second-order valence-electron chi connectivity index (χ2n) is 4.21. The highest BCUT2D eigenvalue weighted by Gasteiger charge is 2.17. The lowest BCUT2D eigenvalue weighted by Crippen LogP contribution is -2.19. The zero-order valence-electron chi connectivity index (χ0n) is 9.69. The van der Waals surface area contributed by atoms with Gasteiger partial charge in [-0.2, -0.15) is 0 Å². The number of rotatable bonds is 3. The van der Waals surface area contributed by atoms with E-state index in [1.165, 1.54) is 0 Å². The number of aryl methyl sites for hydroxylation is 1. The summed E-state index contributed by atoms with van der Waals surface area (Å²) in [5.74, 6) is 0.0426. The number of anilines is 2. The van der Waals surface area contributed by atoms with Crippen molar-refractivity contribution in [2.75, 3.05) is 17.7 Å². The topological polar surface area (TPSA) is 75.3 Å². The van der Waals surface area contributed by atoms with E-state index in [1.807, 2.05) is 13.0 Å². The summed E-state index contributed by atoms with van der Waals surface area (Å²) in [4.78, 5) is 12.2. The Morgan fingerprint density at radius 2 is 2.29 bits per heavy atom. The van der Waals surface area contributed by atoms with Gasteiger partial charge in [0.2, 0.25) is 5.91 Å². The van der Waals surface area contributed by atoms with E-state index in [4.69, 9.17) is 10.8 Å². The third-order valence-corrected chi connectivity index (χ3v) is 3.88. The number of carbonyl (C=O) groups is 1. The molecule has 1 aromatic rings. The summed E-state index contributed by atoms with van der Waals surface area (Å²) in [5, 5.41) is 12.0. The molecule has 2 rings (SSSR count). The van der Waals surface area contributed by atoms with E-state index >= 15 is 0 Å². The van der Waals surface area contributed by atoms with Gasteiger partial charge in [0.1, 0.15) is 0 Å². The van der Waals surface area contributed by atoms with Crippen molar-refractivity contribution in [2.45, 2.75) is 29.9 Å². The smallest absolute Gasteiger partial charge is 0.224 e. The third kappa shape index (κ3) is 2.73. The van der Waals surface area contributed by atoms with Crippen LogP contribution in [0.2, 0.25) is 0 Å². The average molecular weight is 252 g/mol. The second-order valence-corrected chi connectivity index (χ2v) is 5.69. The van der Waals surface area contributed by atoms with E-state index in [0.29, 0.717) is 12.1 Å². The predicted molar refractivity (Wildman–Crippen MR) is 70.2 cm³/mol. The number of hydrogen-bond acceptors (Lipinski definition) is 4. The summed E-state index contributed by atoms with van der Waals surface area (Å²) >= 11 is 1.56. The Morgan fingerprint density at radius 1 is 1.53 bits per heavy atom. The Bertz CT molecular complexity index is 448. The highest BCUT2D eigenvalue weighted by Crippen LogP contribution is 2.35. The van der Waals surface area contributed by atoms with Crippen molar-refractivity contribution in [3.8, 4) is 0 Å². The van der Waals surface area contributed by atoms with Gasteiger partial charge in [-0.05, 0) is 24.1 Å². The Balaban J connectivity index is 2.27. The van der Waals surface area contributed by atoms with Gasteiger partial charge in [-0.1, -0.05) is 6.92 Å². The fourth-order valence-corrected chi connectivity index (χ4v) is 2.69. The maximum atomic E-state index is 11.3. The van der Waals surface area contributed by atoms with Crippen LogP contribution in [0.4, 0.5) is 11.4 Å². The molecule has 17 heavy (non-hydrogen) atoms. The second kappa shape index (κ2) is 4.98. The number of aliphatic hydroxyl groups is 1. The van der Waals surface area contributed by atoms with Crippen molar-refractivity contribution in [3.05, 3.63) is 17.7 Å². The molecule has 1 heterocycles. The molecule has 0 radical (unpaired) electrons. The average Bonchev–Trinajstić information content (AvgIpc) is 2.30. The SMILES string of the molecule is CC(CO)Sc1cc2c(cc1N)NC(=O)CC2. The number of thioether (sulfide) groups is 1. The van der Waals surface area contributed by atoms with Gasteiger partial charge in [0, 0.05) is 27.9 Å². The minimum absolute atomic E-state index is 0.0426. The predicted octanol–water partition coefficient (Wildman–Crippen LogP) is 1.63.